The van der Waals surface area contributed by atoms with Crippen LogP contribution in [0.15, 0.2) is 42.5 Å². The summed E-state index contributed by atoms with van der Waals surface area (Å²) < 4.78 is 10.5. The number of hydrogen-bond donors (Lipinski definition) is 2. The van der Waals surface area contributed by atoms with E-state index < -0.39 is 0 Å². The molecular weight excluding hydrogens is 320 g/mol. The van der Waals surface area contributed by atoms with Crippen LogP contribution in [0.5, 0.6) is 11.5 Å². The molecule has 2 aromatic rings. The molecule has 3 rings (SSSR count). The molecule has 130 valence electrons. The molecule has 0 bridgehead atoms. The van der Waals surface area contributed by atoms with E-state index in [2.05, 4.69) is 17.6 Å². The van der Waals surface area contributed by atoms with Crippen molar-refractivity contribution >= 4 is 17.5 Å². The van der Waals surface area contributed by atoms with Crippen LogP contribution >= 0.6 is 0 Å². The van der Waals surface area contributed by atoms with Crippen LogP contribution in [0, 0.1) is 0 Å². The van der Waals surface area contributed by atoms with Crippen LogP contribution in [0.25, 0.3) is 0 Å². The first-order valence-electron chi connectivity index (χ1n) is 8.18. The Morgan fingerprint density at radius 1 is 1.00 bits per heavy atom. The third kappa shape index (κ3) is 4.50. The van der Waals surface area contributed by atoms with Gasteiger partial charge in [-0.25, -0.2) is 0 Å². The van der Waals surface area contributed by atoms with Gasteiger partial charge < -0.3 is 20.1 Å². The number of fused-ring (bicyclic) bond motifs is 1. The van der Waals surface area contributed by atoms with E-state index in [1.807, 2.05) is 30.3 Å². The minimum Gasteiger partial charge on any atom is -0.454 e. The molecule has 1 aliphatic heterocycles. The molecule has 1 heterocycles. The van der Waals surface area contributed by atoms with Crippen LogP contribution in [0.2, 0.25) is 0 Å². The minimum absolute atomic E-state index is 0.0697. The molecule has 0 radical (unpaired) electrons. The summed E-state index contributed by atoms with van der Waals surface area (Å²) in [6, 6.07) is 13.0. The van der Waals surface area contributed by atoms with Crippen LogP contribution in [0.4, 0.5) is 5.69 Å². The predicted molar refractivity (Wildman–Crippen MR) is 93.7 cm³/mol. The van der Waals surface area contributed by atoms with Gasteiger partial charge in [0.1, 0.15) is 0 Å². The van der Waals surface area contributed by atoms with Gasteiger partial charge in [0, 0.05) is 5.69 Å². The number of anilines is 1. The summed E-state index contributed by atoms with van der Waals surface area (Å²) in [4.78, 5) is 24.0. The first kappa shape index (κ1) is 16.8. The molecule has 0 saturated heterocycles. The molecule has 0 unspecified atom stereocenters. The lowest BCUT2D eigenvalue weighted by Gasteiger charge is -2.08. The van der Waals surface area contributed by atoms with E-state index in [0.717, 1.165) is 23.2 Å². The van der Waals surface area contributed by atoms with Gasteiger partial charge in [-0.2, -0.15) is 0 Å². The van der Waals surface area contributed by atoms with Gasteiger partial charge in [0.05, 0.1) is 13.0 Å². The predicted octanol–water partition coefficient (Wildman–Crippen LogP) is 2.28. The average molecular weight is 340 g/mol. The summed E-state index contributed by atoms with van der Waals surface area (Å²) in [6.45, 7) is 2.18. The Kier molecular flexibility index (Phi) is 5.18. The molecule has 2 N–H and O–H groups in total. The molecule has 0 aliphatic carbocycles. The number of ether oxygens (including phenoxy) is 2. The van der Waals surface area contributed by atoms with Gasteiger partial charge in [-0.05, 0) is 41.8 Å². The topological polar surface area (TPSA) is 76.7 Å². The fraction of sp³-hybridized carbons (Fsp3) is 0.263. The normalized spacial score (nSPS) is 11.9. The van der Waals surface area contributed by atoms with Crippen molar-refractivity contribution in [1.29, 1.82) is 0 Å². The van der Waals surface area contributed by atoms with E-state index in [1.54, 1.807) is 12.1 Å². The first-order valence-corrected chi connectivity index (χ1v) is 8.18. The highest BCUT2D eigenvalue weighted by molar-refractivity contribution is 5.94. The van der Waals surface area contributed by atoms with Crippen LogP contribution in [0.1, 0.15) is 18.1 Å². The monoisotopic (exact) mass is 340 g/mol. The quantitative estimate of drug-likeness (QED) is 0.846. The highest BCUT2D eigenvalue weighted by Crippen LogP contribution is 2.32. The molecule has 2 aromatic carbocycles. The lowest BCUT2D eigenvalue weighted by Crippen LogP contribution is -2.33. The van der Waals surface area contributed by atoms with Crippen molar-refractivity contribution in [2.75, 3.05) is 18.7 Å². The minimum atomic E-state index is -0.257. The summed E-state index contributed by atoms with van der Waals surface area (Å²) in [5.41, 5.74) is 2.68. The Hall–Kier alpha value is -3.02. The van der Waals surface area contributed by atoms with E-state index in [-0.39, 0.29) is 31.6 Å². The third-order valence-electron chi connectivity index (χ3n) is 3.87. The number of rotatable bonds is 6. The summed E-state index contributed by atoms with van der Waals surface area (Å²) >= 11 is 0. The Morgan fingerprint density at radius 3 is 2.68 bits per heavy atom. The summed E-state index contributed by atoms with van der Waals surface area (Å²) in [6.07, 6.45) is 1.07. The zero-order chi connectivity index (χ0) is 17.6. The number of carbonyl (C=O) groups is 2. The second kappa shape index (κ2) is 7.70. The number of nitrogens with one attached hydrogen (secondary N) is 2. The smallest absolute Gasteiger partial charge is 0.243 e. The fourth-order valence-corrected chi connectivity index (χ4v) is 2.55. The second-order valence-electron chi connectivity index (χ2n) is 5.74. The SMILES string of the molecule is CCc1cccc(NC(=O)CNC(=O)Cc2ccc3c(c2)OCO3)c1. The molecule has 2 amide bonds. The van der Waals surface area contributed by atoms with Gasteiger partial charge in [-0.15, -0.1) is 0 Å². The Morgan fingerprint density at radius 2 is 1.84 bits per heavy atom. The van der Waals surface area contributed by atoms with Gasteiger partial charge in [0.15, 0.2) is 11.5 Å². The van der Waals surface area contributed by atoms with E-state index in [0.29, 0.717) is 11.5 Å². The molecule has 0 spiro atoms. The van der Waals surface area contributed by atoms with E-state index in [1.165, 1.54) is 0 Å². The van der Waals surface area contributed by atoms with Crippen molar-refractivity contribution in [3.05, 3.63) is 53.6 Å². The zero-order valence-corrected chi connectivity index (χ0v) is 14.0. The van der Waals surface area contributed by atoms with Crippen LogP contribution in [0.3, 0.4) is 0 Å². The maximum atomic E-state index is 12.0. The van der Waals surface area contributed by atoms with E-state index in [4.69, 9.17) is 9.47 Å². The Balaban J connectivity index is 1.47. The van der Waals surface area contributed by atoms with Gasteiger partial charge in [0.2, 0.25) is 18.6 Å². The summed E-state index contributed by atoms with van der Waals surface area (Å²) in [5, 5.41) is 5.40. The Labute approximate surface area is 146 Å². The fourth-order valence-electron chi connectivity index (χ4n) is 2.55. The van der Waals surface area contributed by atoms with Crippen LogP contribution < -0.4 is 20.1 Å². The van der Waals surface area contributed by atoms with Gasteiger partial charge >= 0.3 is 0 Å². The van der Waals surface area contributed by atoms with Crippen molar-refractivity contribution in [1.82, 2.24) is 5.32 Å². The first-order chi connectivity index (χ1) is 12.1. The number of hydrogen-bond acceptors (Lipinski definition) is 4. The van der Waals surface area contributed by atoms with Crippen molar-refractivity contribution < 1.29 is 19.1 Å². The maximum absolute atomic E-state index is 12.0. The summed E-state index contributed by atoms with van der Waals surface area (Å²) in [5.74, 6) is 0.834. The standard InChI is InChI=1S/C19H20N2O4/c1-2-13-4-3-5-15(8-13)21-19(23)11-20-18(22)10-14-6-7-16-17(9-14)25-12-24-16/h3-9H,2,10-12H2,1H3,(H,20,22)(H,21,23). The third-order valence-corrected chi connectivity index (χ3v) is 3.87. The van der Waals surface area contributed by atoms with Crippen molar-refractivity contribution in [3.63, 3.8) is 0 Å². The van der Waals surface area contributed by atoms with Crippen LogP contribution in [-0.4, -0.2) is 25.2 Å². The molecule has 25 heavy (non-hydrogen) atoms. The van der Waals surface area contributed by atoms with Gasteiger partial charge in [0.25, 0.3) is 0 Å². The largest absolute Gasteiger partial charge is 0.454 e. The zero-order valence-electron chi connectivity index (χ0n) is 14.0. The Bertz CT molecular complexity index is 789. The molecule has 1 aliphatic rings. The van der Waals surface area contributed by atoms with E-state index >= 15 is 0 Å². The highest BCUT2D eigenvalue weighted by Gasteiger charge is 2.14. The van der Waals surface area contributed by atoms with Crippen molar-refractivity contribution in [2.45, 2.75) is 19.8 Å². The number of benzene rings is 2. The molecule has 0 saturated carbocycles. The van der Waals surface area contributed by atoms with Crippen LogP contribution in [-0.2, 0) is 22.4 Å². The molecule has 0 atom stereocenters. The number of aryl methyl sites for hydroxylation is 1. The second-order valence-corrected chi connectivity index (χ2v) is 5.74. The molecular formula is C19H20N2O4. The van der Waals surface area contributed by atoms with E-state index in [9.17, 15) is 9.59 Å². The van der Waals surface area contributed by atoms with Crippen molar-refractivity contribution in [2.24, 2.45) is 0 Å². The number of amides is 2. The average Bonchev–Trinajstić information content (AvgIpc) is 3.08. The molecule has 0 fully saturated rings. The molecule has 6 nitrogen and oxygen atoms in total. The maximum Gasteiger partial charge on any atom is 0.243 e. The molecule has 0 aromatic heterocycles. The number of carbonyl (C=O) groups excluding carboxylic acids is 2. The van der Waals surface area contributed by atoms with Gasteiger partial charge in [-0.3, -0.25) is 9.59 Å². The lowest BCUT2D eigenvalue weighted by molar-refractivity contribution is -0.123. The lowest BCUT2D eigenvalue weighted by atomic mass is 10.1. The van der Waals surface area contributed by atoms with Crippen molar-refractivity contribution in [3.8, 4) is 11.5 Å². The highest BCUT2D eigenvalue weighted by atomic mass is 16.7. The summed E-state index contributed by atoms with van der Waals surface area (Å²) in [7, 11) is 0. The van der Waals surface area contributed by atoms with Gasteiger partial charge in [-0.1, -0.05) is 25.1 Å². The molecule has 6 heteroatoms.